The van der Waals surface area contributed by atoms with Crippen LogP contribution in [0.5, 0.6) is 0 Å². The van der Waals surface area contributed by atoms with Crippen LogP contribution < -0.4 is 16.4 Å². The largest absolute Gasteiger partial charge is 0.392 e. The number of nitriles is 1. The van der Waals surface area contributed by atoms with E-state index in [0.29, 0.717) is 45.3 Å². The normalized spacial score (nSPS) is 15.3. The lowest BCUT2D eigenvalue weighted by atomic mass is 9.85. The van der Waals surface area contributed by atoms with Gasteiger partial charge in [-0.15, -0.1) is 0 Å². The van der Waals surface area contributed by atoms with Crippen molar-refractivity contribution in [3.63, 3.8) is 0 Å². The summed E-state index contributed by atoms with van der Waals surface area (Å²) in [6.07, 6.45) is 5.56. The molecule has 0 amide bonds. The molecule has 0 aliphatic carbocycles. The maximum absolute atomic E-state index is 15.4. The third-order valence-electron chi connectivity index (χ3n) is 8.82. The molecule has 1 saturated heterocycles. The number of halogens is 1. The third-order valence-corrected chi connectivity index (χ3v) is 8.82. The summed E-state index contributed by atoms with van der Waals surface area (Å²) in [6, 6.07) is 17.5. The van der Waals surface area contributed by atoms with Crippen LogP contribution in [0.25, 0.3) is 27.7 Å². The van der Waals surface area contributed by atoms with Gasteiger partial charge in [0.25, 0.3) is 11.1 Å². The van der Waals surface area contributed by atoms with Crippen LogP contribution in [-0.4, -0.2) is 42.9 Å². The summed E-state index contributed by atoms with van der Waals surface area (Å²) >= 11 is 0. The SMILES string of the molecule is CN1CCCC1c1ccc(Nc2cc(-c3cccc(-n4ccc5cc(C(C)(C)C#N)cc(F)c5c4=O)c3CO)nn(C)c2=O)nc1. The van der Waals surface area contributed by atoms with Gasteiger partial charge >= 0.3 is 0 Å². The van der Waals surface area contributed by atoms with Gasteiger partial charge in [-0.2, -0.15) is 10.4 Å². The number of benzene rings is 2. The van der Waals surface area contributed by atoms with E-state index in [1.54, 1.807) is 50.2 Å². The summed E-state index contributed by atoms with van der Waals surface area (Å²) in [6.45, 7) is 3.96. The molecule has 11 heteroatoms. The van der Waals surface area contributed by atoms with Crippen LogP contribution in [0.1, 0.15) is 49.4 Å². The van der Waals surface area contributed by atoms with Crippen LogP contribution >= 0.6 is 0 Å². The fourth-order valence-corrected chi connectivity index (χ4v) is 6.13. The molecular weight excluding hydrogens is 585 g/mol. The van der Waals surface area contributed by atoms with E-state index in [4.69, 9.17) is 0 Å². The predicted molar refractivity (Wildman–Crippen MR) is 175 cm³/mol. The number of fused-ring (bicyclic) bond motifs is 1. The van der Waals surface area contributed by atoms with Crippen LogP contribution in [0.4, 0.5) is 15.9 Å². The maximum atomic E-state index is 15.4. The number of rotatable bonds is 7. The van der Waals surface area contributed by atoms with Gasteiger partial charge in [-0.1, -0.05) is 18.2 Å². The minimum absolute atomic E-state index is 0.126. The first-order valence-electron chi connectivity index (χ1n) is 15.0. The molecule has 10 nitrogen and oxygen atoms in total. The van der Waals surface area contributed by atoms with Crippen LogP contribution in [-0.2, 0) is 19.1 Å². The number of aliphatic hydroxyl groups is 1. The van der Waals surface area contributed by atoms with Crippen molar-refractivity contribution in [1.82, 2.24) is 24.2 Å². The van der Waals surface area contributed by atoms with Crippen molar-refractivity contribution in [2.24, 2.45) is 7.05 Å². The van der Waals surface area contributed by atoms with E-state index < -0.39 is 23.4 Å². The van der Waals surface area contributed by atoms with Gasteiger partial charge in [0.2, 0.25) is 0 Å². The zero-order valence-corrected chi connectivity index (χ0v) is 26.1. The second-order valence-corrected chi connectivity index (χ2v) is 12.2. The van der Waals surface area contributed by atoms with Gasteiger partial charge in [-0.25, -0.2) is 14.1 Å². The Bertz CT molecular complexity index is 2130. The number of likely N-dealkylation sites (tertiary alicyclic amines) is 1. The number of hydrogen-bond acceptors (Lipinski definition) is 8. The molecule has 0 saturated carbocycles. The molecule has 5 aromatic rings. The average Bonchev–Trinajstić information content (AvgIpc) is 3.48. The van der Waals surface area contributed by atoms with Gasteiger partial charge in [-0.3, -0.25) is 19.1 Å². The van der Waals surface area contributed by atoms with Gasteiger partial charge in [0.1, 0.15) is 17.3 Å². The Kier molecular flexibility index (Phi) is 8.02. The molecule has 1 aliphatic rings. The lowest BCUT2D eigenvalue weighted by molar-refractivity contribution is 0.282. The number of aromatic nitrogens is 4. The first kappa shape index (κ1) is 30.8. The fraction of sp³-hybridized carbons (Fsp3) is 0.286. The van der Waals surface area contributed by atoms with Crippen molar-refractivity contribution in [3.8, 4) is 23.0 Å². The molecule has 1 atom stereocenters. The van der Waals surface area contributed by atoms with Gasteiger partial charge in [0.15, 0.2) is 0 Å². The molecule has 3 aromatic heterocycles. The third kappa shape index (κ3) is 5.46. The first-order chi connectivity index (χ1) is 22.0. The lowest BCUT2D eigenvalue weighted by Crippen LogP contribution is -2.23. The summed E-state index contributed by atoms with van der Waals surface area (Å²) in [4.78, 5) is 33.6. The van der Waals surface area contributed by atoms with Gasteiger partial charge in [-0.05, 0) is 93.2 Å². The predicted octanol–water partition coefficient (Wildman–Crippen LogP) is 5.09. The summed E-state index contributed by atoms with van der Waals surface area (Å²) in [7, 11) is 3.63. The molecule has 2 N–H and O–H groups in total. The molecule has 46 heavy (non-hydrogen) atoms. The first-order valence-corrected chi connectivity index (χ1v) is 15.0. The van der Waals surface area contributed by atoms with E-state index in [2.05, 4.69) is 33.4 Å². The Balaban J connectivity index is 1.39. The number of aliphatic hydroxyl groups excluding tert-OH is 1. The van der Waals surface area contributed by atoms with E-state index >= 15 is 4.39 Å². The molecule has 1 aliphatic heterocycles. The molecule has 6 rings (SSSR count). The zero-order valence-electron chi connectivity index (χ0n) is 26.1. The summed E-state index contributed by atoms with van der Waals surface area (Å²) in [5.74, 6) is -0.231. The molecule has 2 aromatic carbocycles. The number of hydrogen-bond donors (Lipinski definition) is 2. The van der Waals surface area contributed by atoms with E-state index in [1.807, 2.05) is 18.3 Å². The van der Waals surface area contributed by atoms with Crippen LogP contribution in [0.3, 0.4) is 0 Å². The Morgan fingerprint density at radius 3 is 2.59 bits per heavy atom. The second kappa shape index (κ2) is 12.0. The molecule has 4 heterocycles. The Morgan fingerprint density at radius 2 is 1.91 bits per heavy atom. The van der Waals surface area contributed by atoms with Crippen molar-refractivity contribution in [2.75, 3.05) is 18.9 Å². The maximum Gasteiger partial charge on any atom is 0.290 e. The molecule has 234 valence electrons. The zero-order chi connectivity index (χ0) is 32.7. The molecule has 1 unspecified atom stereocenters. The van der Waals surface area contributed by atoms with Gasteiger partial charge in [0, 0.05) is 36.6 Å². The minimum atomic E-state index is -0.940. The molecule has 1 fully saturated rings. The van der Waals surface area contributed by atoms with Crippen LogP contribution in [0.15, 0.2) is 76.6 Å². The quantitative estimate of drug-likeness (QED) is 0.258. The number of aryl methyl sites for hydroxylation is 1. The highest BCUT2D eigenvalue weighted by atomic mass is 19.1. The Labute approximate surface area is 265 Å². The number of nitrogens with one attached hydrogen (secondary N) is 1. The summed E-state index contributed by atoms with van der Waals surface area (Å²) in [5, 5.41) is 27.9. The fourth-order valence-electron chi connectivity index (χ4n) is 6.13. The highest BCUT2D eigenvalue weighted by Gasteiger charge is 2.24. The van der Waals surface area contributed by atoms with Crippen molar-refractivity contribution in [2.45, 2.75) is 44.8 Å². The average molecular weight is 620 g/mol. The van der Waals surface area contributed by atoms with E-state index in [9.17, 15) is 20.0 Å². The molecule has 0 radical (unpaired) electrons. The van der Waals surface area contributed by atoms with Crippen LogP contribution in [0.2, 0.25) is 0 Å². The topological polar surface area (TPSA) is 129 Å². The second-order valence-electron chi connectivity index (χ2n) is 12.2. The molecule has 0 bridgehead atoms. The standard InChI is InChI=1S/C35H34FN7O3/c1-35(2,20-37)23-15-21-12-14-43(34(46)32(21)26(36)16-23)30-8-5-7-24(25(30)19-44)27-17-28(33(45)42(4)40-27)39-31-11-10-22(18-38-31)29-9-6-13-41(29)3/h5,7-8,10-12,14-18,29,44H,6,9,13,19H2,1-4H3,(H,38,39). The monoisotopic (exact) mass is 619 g/mol. The van der Waals surface area contributed by atoms with Crippen molar-refractivity contribution >= 4 is 22.3 Å². The van der Waals surface area contributed by atoms with Crippen molar-refractivity contribution in [1.29, 1.82) is 5.26 Å². The molecule has 0 spiro atoms. The Morgan fingerprint density at radius 1 is 1.11 bits per heavy atom. The summed E-state index contributed by atoms with van der Waals surface area (Å²) in [5.41, 5.74) is 1.48. The van der Waals surface area contributed by atoms with Gasteiger partial charge in [0.05, 0.1) is 34.9 Å². The number of nitrogens with zero attached hydrogens (tertiary/aromatic N) is 6. The van der Waals surface area contributed by atoms with Crippen molar-refractivity contribution < 1.29 is 9.50 Å². The Hall–Kier alpha value is -5.18. The highest BCUT2D eigenvalue weighted by molar-refractivity contribution is 5.84. The smallest absolute Gasteiger partial charge is 0.290 e. The summed E-state index contributed by atoms with van der Waals surface area (Å²) < 4.78 is 17.9. The lowest BCUT2D eigenvalue weighted by Gasteiger charge is -2.19. The van der Waals surface area contributed by atoms with E-state index in [0.717, 1.165) is 24.9 Å². The van der Waals surface area contributed by atoms with Gasteiger partial charge < -0.3 is 10.4 Å². The minimum Gasteiger partial charge on any atom is -0.392 e. The van der Waals surface area contributed by atoms with E-state index in [-0.39, 0.29) is 16.6 Å². The van der Waals surface area contributed by atoms with Crippen LogP contribution in [0, 0.1) is 17.1 Å². The van der Waals surface area contributed by atoms with E-state index in [1.165, 1.54) is 28.6 Å². The van der Waals surface area contributed by atoms with Crippen molar-refractivity contribution in [3.05, 3.63) is 110 Å². The number of pyridine rings is 2. The number of anilines is 2. The molecular formula is C35H34FN7O3. The highest BCUT2D eigenvalue weighted by Crippen LogP contribution is 2.32.